The summed E-state index contributed by atoms with van der Waals surface area (Å²) in [6, 6.07) is 0. The van der Waals surface area contributed by atoms with Gasteiger partial charge in [-0.15, -0.1) is 23.2 Å². The largest absolute Gasteiger partial charge is 0.395 e. The third-order valence-electron chi connectivity index (χ3n) is 2.77. The maximum Gasteiger partial charge on any atom is 0.231 e. The van der Waals surface area contributed by atoms with E-state index in [1.54, 1.807) is 11.8 Å². The fraction of sp³-hybridized carbons (Fsp3) is 0.889. The van der Waals surface area contributed by atoms with Gasteiger partial charge in [-0.3, -0.25) is 4.79 Å². The molecule has 0 aliphatic heterocycles. The average Bonchev–Trinajstić information content (AvgIpc) is 2.62. The van der Waals surface area contributed by atoms with E-state index in [-0.39, 0.29) is 12.5 Å². The molecule has 0 saturated heterocycles. The molecule has 1 rings (SSSR count). The molecule has 1 saturated carbocycles. The normalized spacial score (nSPS) is 28.6. The lowest BCUT2D eigenvalue weighted by Gasteiger charge is -2.24. The molecule has 1 N–H and O–H groups in total. The van der Waals surface area contributed by atoms with E-state index in [9.17, 15) is 4.79 Å². The summed E-state index contributed by atoms with van der Waals surface area (Å²) in [5.41, 5.74) is -0.665. The molecule has 1 amide bonds. The Hall–Kier alpha value is 0.01000. The van der Waals surface area contributed by atoms with Gasteiger partial charge in [0.15, 0.2) is 0 Å². The number of aliphatic hydroxyl groups excluding tert-OH is 1. The highest BCUT2D eigenvalue weighted by atomic mass is 35.5. The second-order valence-electron chi connectivity index (χ2n) is 3.82. The van der Waals surface area contributed by atoms with Gasteiger partial charge in [-0.1, -0.05) is 0 Å². The molecule has 5 heteroatoms. The monoisotopic (exact) mass is 239 g/mol. The van der Waals surface area contributed by atoms with Crippen molar-refractivity contribution >= 4 is 29.1 Å². The molecule has 82 valence electrons. The van der Waals surface area contributed by atoms with Gasteiger partial charge in [0.05, 0.1) is 12.0 Å². The molecule has 0 aromatic rings. The van der Waals surface area contributed by atoms with E-state index in [1.165, 1.54) is 0 Å². The minimum atomic E-state index is -0.924. The Balaban J connectivity index is 2.65. The quantitative estimate of drug-likeness (QED) is 0.755. The SMILES string of the molecule is CCN(CCO)C(=O)C1(C)CC1(Cl)Cl. The Morgan fingerprint density at radius 3 is 2.36 bits per heavy atom. The van der Waals surface area contributed by atoms with Crippen LogP contribution < -0.4 is 0 Å². The van der Waals surface area contributed by atoms with Crippen molar-refractivity contribution in [2.24, 2.45) is 5.41 Å². The predicted octanol–water partition coefficient (Wildman–Crippen LogP) is 1.41. The number of aliphatic hydroxyl groups is 1. The Labute approximate surface area is 94.0 Å². The van der Waals surface area contributed by atoms with Crippen molar-refractivity contribution in [3.8, 4) is 0 Å². The van der Waals surface area contributed by atoms with Gasteiger partial charge in [0.1, 0.15) is 4.33 Å². The van der Waals surface area contributed by atoms with Crippen LogP contribution in [-0.4, -0.2) is 39.9 Å². The highest BCUT2D eigenvalue weighted by Crippen LogP contribution is 2.64. The number of hydrogen-bond acceptors (Lipinski definition) is 2. The molecule has 0 bridgehead atoms. The van der Waals surface area contributed by atoms with E-state index >= 15 is 0 Å². The lowest BCUT2D eigenvalue weighted by atomic mass is 10.1. The molecule has 0 radical (unpaired) electrons. The predicted molar refractivity (Wildman–Crippen MR) is 56.5 cm³/mol. The van der Waals surface area contributed by atoms with Crippen molar-refractivity contribution in [3.05, 3.63) is 0 Å². The number of amides is 1. The average molecular weight is 240 g/mol. The molecule has 0 aromatic heterocycles. The molecular weight excluding hydrogens is 225 g/mol. The third-order valence-corrected chi connectivity index (χ3v) is 3.87. The summed E-state index contributed by atoms with van der Waals surface area (Å²) in [5, 5.41) is 8.77. The van der Waals surface area contributed by atoms with Crippen LogP contribution in [0.25, 0.3) is 0 Å². The van der Waals surface area contributed by atoms with Crippen LogP contribution in [0.4, 0.5) is 0 Å². The lowest BCUT2D eigenvalue weighted by molar-refractivity contribution is -0.136. The number of likely N-dealkylation sites (N-methyl/N-ethyl adjacent to an activating group) is 1. The van der Waals surface area contributed by atoms with Crippen LogP contribution in [0.3, 0.4) is 0 Å². The second kappa shape index (κ2) is 3.87. The van der Waals surface area contributed by atoms with Crippen LogP contribution in [0.5, 0.6) is 0 Å². The molecule has 0 spiro atoms. The fourth-order valence-electron chi connectivity index (χ4n) is 1.50. The van der Waals surface area contributed by atoms with Gasteiger partial charge >= 0.3 is 0 Å². The zero-order chi connectivity index (χ0) is 11.0. The highest BCUT2D eigenvalue weighted by Gasteiger charge is 2.68. The van der Waals surface area contributed by atoms with E-state index in [4.69, 9.17) is 28.3 Å². The number of carbonyl (C=O) groups excluding carboxylic acids is 1. The molecule has 3 nitrogen and oxygen atoms in total. The number of rotatable bonds is 4. The summed E-state index contributed by atoms with van der Waals surface area (Å²) in [7, 11) is 0. The molecule has 14 heavy (non-hydrogen) atoms. The smallest absolute Gasteiger partial charge is 0.231 e. The molecule has 1 fully saturated rings. The Bertz CT molecular complexity index is 245. The van der Waals surface area contributed by atoms with E-state index in [0.29, 0.717) is 19.5 Å². The zero-order valence-corrected chi connectivity index (χ0v) is 9.90. The molecule has 1 unspecified atom stereocenters. The van der Waals surface area contributed by atoms with Gasteiger partial charge in [0, 0.05) is 13.1 Å². The fourth-order valence-corrected chi connectivity index (χ4v) is 2.20. The summed E-state index contributed by atoms with van der Waals surface area (Å²) in [5.74, 6) is -0.0703. The number of halogens is 2. The Kier molecular flexibility index (Phi) is 3.34. The first-order valence-corrected chi connectivity index (χ1v) is 5.42. The number of nitrogens with zero attached hydrogens (tertiary/aromatic N) is 1. The summed E-state index contributed by atoms with van der Waals surface area (Å²) in [6.07, 6.45) is 0.490. The van der Waals surface area contributed by atoms with Crippen LogP contribution in [0, 0.1) is 5.41 Å². The van der Waals surface area contributed by atoms with Gasteiger partial charge in [0.25, 0.3) is 0 Å². The first-order chi connectivity index (χ1) is 6.39. The zero-order valence-electron chi connectivity index (χ0n) is 8.39. The van der Waals surface area contributed by atoms with Gasteiger partial charge < -0.3 is 10.0 Å². The Morgan fingerprint density at radius 2 is 2.07 bits per heavy atom. The highest BCUT2D eigenvalue weighted by molar-refractivity contribution is 6.53. The van der Waals surface area contributed by atoms with Crippen LogP contribution >= 0.6 is 23.2 Å². The first-order valence-electron chi connectivity index (χ1n) is 4.67. The molecular formula is C9H15Cl2NO2. The van der Waals surface area contributed by atoms with Crippen LogP contribution in [0.1, 0.15) is 20.3 Å². The second-order valence-corrected chi connectivity index (χ2v) is 5.31. The first kappa shape index (κ1) is 12.1. The maximum atomic E-state index is 11.9. The lowest BCUT2D eigenvalue weighted by Crippen LogP contribution is -2.39. The maximum absolute atomic E-state index is 11.9. The van der Waals surface area contributed by atoms with E-state index < -0.39 is 9.75 Å². The molecule has 0 heterocycles. The van der Waals surface area contributed by atoms with Gasteiger partial charge in [-0.25, -0.2) is 0 Å². The van der Waals surface area contributed by atoms with Crippen molar-refractivity contribution in [3.63, 3.8) is 0 Å². The van der Waals surface area contributed by atoms with Crippen molar-refractivity contribution < 1.29 is 9.90 Å². The number of carbonyl (C=O) groups is 1. The molecule has 1 aliphatic rings. The summed E-state index contributed by atoms with van der Waals surface area (Å²) >= 11 is 11.8. The molecule has 1 aliphatic carbocycles. The molecule has 0 aromatic carbocycles. The van der Waals surface area contributed by atoms with Crippen LogP contribution in [-0.2, 0) is 4.79 Å². The van der Waals surface area contributed by atoms with Crippen LogP contribution in [0.2, 0.25) is 0 Å². The van der Waals surface area contributed by atoms with Crippen LogP contribution in [0.15, 0.2) is 0 Å². The summed E-state index contributed by atoms with van der Waals surface area (Å²) in [6.45, 7) is 4.50. The van der Waals surface area contributed by atoms with Crippen molar-refractivity contribution in [1.29, 1.82) is 0 Å². The summed E-state index contributed by atoms with van der Waals surface area (Å²) in [4.78, 5) is 13.5. The minimum Gasteiger partial charge on any atom is -0.395 e. The van der Waals surface area contributed by atoms with Crippen molar-refractivity contribution in [2.45, 2.75) is 24.6 Å². The molecule has 1 atom stereocenters. The topological polar surface area (TPSA) is 40.5 Å². The van der Waals surface area contributed by atoms with Gasteiger partial charge in [-0.05, 0) is 20.3 Å². The van der Waals surface area contributed by atoms with Crippen molar-refractivity contribution in [2.75, 3.05) is 19.7 Å². The summed E-state index contributed by atoms with van der Waals surface area (Å²) < 4.78 is -0.924. The Morgan fingerprint density at radius 1 is 1.57 bits per heavy atom. The van der Waals surface area contributed by atoms with E-state index in [1.807, 2.05) is 6.92 Å². The third kappa shape index (κ3) is 1.86. The van der Waals surface area contributed by atoms with E-state index in [0.717, 1.165) is 0 Å². The standard InChI is InChI=1S/C9H15Cl2NO2/c1-3-12(4-5-13)7(14)8(2)6-9(8,10)11/h13H,3-6H2,1-2H3. The van der Waals surface area contributed by atoms with Crippen molar-refractivity contribution in [1.82, 2.24) is 4.90 Å². The number of alkyl halides is 2. The van der Waals surface area contributed by atoms with E-state index in [2.05, 4.69) is 0 Å². The number of hydrogen-bond donors (Lipinski definition) is 1. The van der Waals surface area contributed by atoms with Gasteiger partial charge in [0.2, 0.25) is 5.91 Å². The van der Waals surface area contributed by atoms with Gasteiger partial charge in [-0.2, -0.15) is 0 Å². The minimum absolute atomic E-state index is 0.0345.